The van der Waals surface area contributed by atoms with Crippen LogP contribution in [0, 0.1) is 6.92 Å². The Morgan fingerprint density at radius 1 is 1.60 bits per heavy atom. The summed E-state index contributed by atoms with van der Waals surface area (Å²) in [7, 11) is 0. The van der Waals surface area contributed by atoms with E-state index in [0.29, 0.717) is 4.99 Å². The minimum Gasteiger partial charge on any atom is -0.393 e. The van der Waals surface area contributed by atoms with Gasteiger partial charge in [-0.2, -0.15) is 0 Å². The van der Waals surface area contributed by atoms with Crippen molar-refractivity contribution in [3.8, 4) is 0 Å². The summed E-state index contributed by atoms with van der Waals surface area (Å²) in [5.74, 6) is 0.994. The highest BCUT2D eigenvalue weighted by molar-refractivity contribution is 7.80. The number of aromatic nitrogens is 1. The fraction of sp³-hybridized carbons (Fsp3) is 0.455. The van der Waals surface area contributed by atoms with Crippen molar-refractivity contribution in [2.24, 2.45) is 5.73 Å². The van der Waals surface area contributed by atoms with Gasteiger partial charge < -0.3 is 10.6 Å². The van der Waals surface area contributed by atoms with E-state index in [0.717, 1.165) is 25.3 Å². The molecule has 1 heterocycles. The van der Waals surface area contributed by atoms with Gasteiger partial charge in [-0.15, -0.1) is 0 Å². The van der Waals surface area contributed by atoms with E-state index in [4.69, 9.17) is 18.0 Å². The summed E-state index contributed by atoms with van der Waals surface area (Å²) in [6, 6.07) is 4.06. The van der Waals surface area contributed by atoms with E-state index >= 15 is 0 Å². The molecule has 0 spiro atoms. The Morgan fingerprint density at radius 3 is 2.87 bits per heavy atom. The average Bonchev–Trinajstić information content (AvgIpc) is 2.18. The lowest BCUT2D eigenvalue weighted by Gasteiger charge is -2.21. The first-order valence-electron chi connectivity index (χ1n) is 5.09. The highest BCUT2D eigenvalue weighted by Gasteiger charge is 2.05. The monoisotopic (exact) mass is 223 g/mol. The second-order valence-electron chi connectivity index (χ2n) is 3.49. The van der Waals surface area contributed by atoms with Gasteiger partial charge in [0.1, 0.15) is 5.82 Å². The molecule has 0 unspecified atom stereocenters. The fourth-order valence-electron chi connectivity index (χ4n) is 1.37. The fourth-order valence-corrected chi connectivity index (χ4v) is 1.46. The molecule has 0 radical (unpaired) electrons. The molecule has 82 valence electrons. The zero-order valence-electron chi connectivity index (χ0n) is 9.23. The van der Waals surface area contributed by atoms with Gasteiger partial charge in [0.15, 0.2) is 0 Å². The molecule has 1 aromatic rings. The molecule has 1 rings (SSSR count). The van der Waals surface area contributed by atoms with Gasteiger partial charge in [-0.3, -0.25) is 0 Å². The van der Waals surface area contributed by atoms with Crippen LogP contribution in [0.4, 0.5) is 5.82 Å². The van der Waals surface area contributed by atoms with Crippen LogP contribution in [0.25, 0.3) is 0 Å². The Labute approximate surface area is 96.3 Å². The van der Waals surface area contributed by atoms with Crippen molar-refractivity contribution in [3.63, 3.8) is 0 Å². The quantitative estimate of drug-likeness (QED) is 0.774. The van der Waals surface area contributed by atoms with Crippen molar-refractivity contribution in [2.75, 3.05) is 18.0 Å². The van der Waals surface area contributed by atoms with E-state index in [-0.39, 0.29) is 0 Å². The van der Waals surface area contributed by atoms with E-state index < -0.39 is 0 Å². The van der Waals surface area contributed by atoms with Gasteiger partial charge in [0.05, 0.1) is 4.99 Å². The number of thiocarbonyl (C=S) groups is 1. The molecule has 0 atom stereocenters. The molecular weight excluding hydrogens is 206 g/mol. The van der Waals surface area contributed by atoms with Crippen molar-refractivity contribution >= 4 is 23.0 Å². The van der Waals surface area contributed by atoms with Crippen LogP contribution in [-0.2, 0) is 0 Å². The predicted molar refractivity (Wildman–Crippen MR) is 68.3 cm³/mol. The number of nitrogens with zero attached hydrogens (tertiary/aromatic N) is 2. The predicted octanol–water partition coefficient (Wildman–Crippen LogP) is 1.89. The summed E-state index contributed by atoms with van der Waals surface area (Å²) in [5.41, 5.74) is 6.70. The van der Waals surface area contributed by atoms with Crippen LogP contribution in [0.3, 0.4) is 0 Å². The maximum absolute atomic E-state index is 5.49. The SMILES string of the molecule is CCN(CCC(N)=S)c1cc(C)ccn1. The third-order valence-electron chi connectivity index (χ3n) is 2.23. The van der Waals surface area contributed by atoms with Crippen molar-refractivity contribution in [3.05, 3.63) is 23.9 Å². The van der Waals surface area contributed by atoms with Crippen LogP contribution in [-0.4, -0.2) is 23.1 Å². The van der Waals surface area contributed by atoms with E-state index in [1.54, 1.807) is 0 Å². The number of rotatable bonds is 5. The number of pyridine rings is 1. The lowest BCUT2D eigenvalue weighted by atomic mass is 10.3. The molecule has 1 aromatic heterocycles. The molecular formula is C11H17N3S. The smallest absolute Gasteiger partial charge is 0.128 e. The molecule has 0 saturated heterocycles. The summed E-state index contributed by atoms with van der Waals surface area (Å²) in [6.07, 6.45) is 2.56. The average molecular weight is 223 g/mol. The maximum Gasteiger partial charge on any atom is 0.128 e. The molecule has 0 amide bonds. The molecule has 0 bridgehead atoms. The molecule has 0 aromatic carbocycles. The first kappa shape index (κ1) is 11.9. The second-order valence-corrected chi connectivity index (χ2v) is 4.01. The lowest BCUT2D eigenvalue weighted by Crippen LogP contribution is -2.27. The van der Waals surface area contributed by atoms with Crippen molar-refractivity contribution in [2.45, 2.75) is 20.3 Å². The zero-order valence-corrected chi connectivity index (χ0v) is 10.0. The molecule has 0 aliphatic carbocycles. The van der Waals surface area contributed by atoms with Crippen molar-refractivity contribution < 1.29 is 0 Å². The van der Waals surface area contributed by atoms with E-state index in [1.807, 2.05) is 12.3 Å². The second kappa shape index (κ2) is 5.66. The normalized spacial score (nSPS) is 10.0. The molecule has 0 aliphatic heterocycles. The molecule has 0 saturated carbocycles. The number of hydrogen-bond donors (Lipinski definition) is 1. The Hall–Kier alpha value is -1.16. The largest absolute Gasteiger partial charge is 0.393 e. The first-order chi connectivity index (χ1) is 7.13. The molecule has 3 nitrogen and oxygen atoms in total. The summed E-state index contributed by atoms with van der Waals surface area (Å²) in [5, 5.41) is 0. The van der Waals surface area contributed by atoms with E-state index in [2.05, 4.69) is 29.8 Å². The number of hydrogen-bond acceptors (Lipinski definition) is 3. The molecule has 4 heteroatoms. The highest BCUT2D eigenvalue weighted by atomic mass is 32.1. The minimum absolute atomic E-state index is 0.557. The Balaban J connectivity index is 2.69. The standard InChI is InChI=1S/C11H17N3S/c1-3-14(7-5-10(12)15)11-8-9(2)4-6-13-11/h4,6,8H,3,5,7H2,1-2H3,(H2,12,15). The minimum atomic E-state index is 0.557. The van der Waals surface area contributed by atoms with Gasteiger partial charge >= 0.3 is 0 Å². The third kappa shape index (κ3) is 3.83. The summed E-state index contributed by atoms with van der Waals surface area (Å²) in [6.45, 7) is 5.91. The molecule has 0 aliphatic rings. The van der Waals surface area contributed by atoms with Gasteiger partial charge in [-0.25, -0.2) is 4.98 Å². The van der Waals surface area contributed by atoms with Crippen LogP contribution in [0.2, 0.25) is 0 Å². The number of aryl methyl sites for hydroxylation is 1. The summed E-state index contributed by atoms with van der Waals surface area (Å²) in [4.78, 5) is 7.06. The van der Waals surface area contributed by atoms with E-state index in [1.165, 1.54) is 5.56 Å². The third-order valence-corrected chi connectivity index (χ3v) is 2.44. The van der Waals surface area contributed by atoms with Crippen LogP contribution >= 0.6 is 12.2 Å². The first-order valence-corrected chi connectivity index (χ1v) is 5.50. The van der Waals surface area contributed by atoms with Crippen LogP contribution in [0.5, 0.6) is 0 Å². The van der Waals surface area contributed by atoms with Crippen LogP contribution in [0.15, 0.2) is 18.3 Å². The van der Waals surface area contributed by atoms with Gasteiger partial charge in [0, 0.05) is 25.7 Å². The van der Waals surface area contributed by atoms with Crippen molar-refractivity contribution in [1.29, 1.82) is 0 Å². The maximum atomic E-state index is 5.49. The van der Waals surface area contributed by atoms with Gasteiger partial charge in [-0.05, 0) is 31.5 Å². The topological polar surface area (TPSA) is 42.1 Å². The van der Waals surface area contributed by atoms with Crippen LogP contribution in [0.1, 0.15) is 18.9 Å². The van der Waals surface area contributed by atoms with Crippen LogP contribution < -0.4 is 10.6 Å². The van der Waals surface area contributed by atoms with E-state index in [9.17, 15) is 0 Å². The van der Waals surface area contributed by atoms with Gasteiger partial charge in [-0.1, -0.05) is 12.2 Å². The highest BCUT2D eigenvalue weighted by Crippen LogP contribution is 2.12. The molecule has 2 N–H and O–H groups in total. The summed E-state index contributed by atoms with van der Waals surface area (Å²) < 4.78 is 0. The number of anilines is 1. The Kier molecular flexibility index (Phi) is 4.49. The summed E-state index contributed by atoms with van der Waals surface area (Å²) >= 11 is 4.87. The van der Waals surface area contributed by atoms with Crippen molar-refractivity contribution in [1.82, 2.24) is 4.98 Å². The molecule has 15 heavy (non-hydrogen) atoms. The van der Waals surface area contributed by atoms with Gasteiger partial charge in [0.2, 0.25) is 0 Å². The molecule has 0 fully saturated rings. The Morgan fingerprint density at radius 2 is 2.33 bits per heavy atom. The zero-order chi connectivity index (χ0) is 11.3. The Bertz CT molecular complexity index is 338. The lowest BCUT2D eigenvalue weighted by molar-refractivity contribution is 0.819. The van der Waals surface area contributed by atoms with Gasteiger partial charge in [0.25, 0.3) is 0 Å². The number of nitrogens with two attached hydrogens (primary N) is 1.